The van der Waals surface area contributed by atoms with Crippen molar-refractivity contribution in [3.05, 3.63) is 47.3 Å². The van der Waals surface area contributed by atoms with Crippen LogP contribution in [0, 0.1) is 6.92 Å². The highest BCUT2D eigenvalue weighted by atomic mass is 16.2. The fourth-order valence-electron chi connectivity index (χ4n) is 4.45. The Morgan fingerprint density at radius 3 is 2.62 bits per heavy atom. The Balaban J connectivity index is 1.42. The van der Waals surface area contributed by atoms with E-state index >= 15 is 0 Å². The number of amides is 1. The minimum atomic E-state index is 0.0245. The molecule has 1 amide bonds. The molecule has 0 aliphatic carbocycles. The number of aromatic nitrogens is 3. The quantitative estimate of drug-likeness (QED) is 0.859. The first kappa shape index (κ1) is 20.0. The number of carbonyl (C=O) groups is 1. The van der Waals surface area contributed by atoms with Crippen LogP contribution in [0.3, 0.4) is 0 Å². The van der Waals surface area contributed by atoms with Crippen molar-refractivity contribution in [1.29, 1.82) is 0 Å². The summed E-state index contributed by atoms with van der Waals surface area (Å²) in [6, 6.07) is 11.3. The molecule has 156 valence electrons. The van der Waals surface area contributed by atoms with Crippen molar-refractivity contribution in [3.63, 3.8) is 0 Å². The monoisotopic (exact) mass is 396 g/mol. The minimum Gasteiger partial charge on any atom is -0.336 e. The molecule has 1 aromatic carbocycles. The third-order valence-electron chi connectivity index (χ3n) is 6.40. The van der Waals surface area contributed by atoms with Gasteiger partial charge in [-0.25, -0.2) is 4.68 Å². The molecule has 0 saturated carbocycles. The van der Waals surface area contributed by atoms with Gasteiger partial charge in [0.15, 0.2) is 5.69 Å². The van der Waals surface area contributed by atoms with E-state index in [0.717, 1.165) is 64.2 Å². The molecule has 2 fully saturated rings. The molecule has 7 heteroatoms. The third-order valence-corrected chi connectivity index (χ3v) is 6.40. The third kappa shape index (κ3) is 4.51. The van der Waals surface area contributed by atoms with Gasteiger partial charge in [0, 0.05) is 32.2 Å². The number of nitrogens with zero attached hydrogens (tertiary/aromatic N) is 5. The Hall–Kier alpha value is -2.25. The van der Waals surface area contributed by atoms with Gasteiger partial charge in [0.05, 0.1) is 11.7 Å². The van der Waals surface area contributed by atoms with Crippen molar-refractivity contribution in [2.24, 2.45) is 0 Å². The summed E-state index contributed by atoms with van der Waals surface area (Å²) in [5.74, 6) is 0.0245. The molecule has 0 bridgehead atoms. The van der Waals surface area contributed by atoms with Crippen LogP contribution in [0.1, 0.15) is 54.0 Å². The summed E-state index contributed by atoms with van der Waals surface area (Å²) in [5.41, 5.74) is 2.74. The Kier molecular flexibility index (Phi) is 6.25. The minimum absolute atomic E-state index is 0.0245. The van der Waals surface area contributed by atoms with Crippen LogP contribution >= 0.6 is 0 Å². The van der Waals surface area contributed by atoms with Crippen LogP contribution in [0.15, 0.2) is 30.3 Å². The zero-order chi connectivity index (χ0) is 20.2. The van der Waals surface area contributed by atoms with E-state index in [9.17, 15) is 4.79 Å². The molecular formula is C22H32N6O. The zero-order valence-corrected chi connectivity index (χ0v) is 17.5. The Morgan fingerprint density at radius 1 is 1.10 bits per heavy atom. The van der Waals surface area contributed by atoms with E-state index in [4.69, 9.17) is 0 Å². The molecule has 1 aromatic heterocycles. The van der Waals surface area contributed by atoms with Crippen LogP contribution in [-0.4, -0.2) is 69.5 Å². The summed E-state index contributed by atoms with van der Waals surface area (Å²) in [6.45, 7) is 9.54. The van der Waals surface area contributed by atoms with E-state index in [-0.39, 0.29) is 5.91 Å². The van der Waals surface area contributed by atoms with Gasteiger partial charge in [-0.3, -0.25) is 9.69 Å². The fourth-order valence-corrected chi connectivity index (χ4v) is 4.45. The Bertz CT molecular complexity index is 814. The smallest absolute Gasteiger partial charge is 0.276 e. The lowest BCUT2D eigenvalue weighted by molar-refractivity contribution is 0.0754. The topological polar surface area (TPSA) is 66.3 Å². The molecular weight excluding hydrogens is 364 g/mol. The maximum absolute atomic E-state index is 13.2. The SMILES string of the molecule is Cc1c(C(=O)N2CC[C@H](C)N(Cc3ccccc3)CC2)nnn1C1CCNCC1. The summed E-state index contributed by atoms with van der Waals surface area (Å²) in [4.78, 5) is 17.7. The molecule has 0 spiro atoms. The average Bonchev–Trinajstić information content (AvgIpc) is 3.05. The van der Waals surface area contributed by atoms with E-state index in [0.29, 0.717) is 17.8 Å². The van der Waals surface area contributed by atoms with Crippen molar-refractivity contribution >= 4 is 5.91 Å². The Morgan fingerprint density at radius 2 is 1.86 bits per heavy atom. The van der Waals surface area contributed by atoms with Gasteiger partial charge in [0.25, 0.3) is 5.91 Å². The van der Waals surface area contributed by atoms with Crippen molar-refractivity contribution in [2.45, 2.75) is 51.7 Å². The number of hydrogen-bond donors (Lipinski definition) is 1. The van der Waals surface area contributed by atoms with Crippen molar-refractivity contribution in [1.82, 2.24) is 30.1 Å². The van der Waals surface area contributed by atoms with Gasteiger partial charge >= 0.3 is 0 Å². The number of carbonyl (C=O) groups excluding carboxylic acids is 1. The number of benzene rings is 1. The number of piperidine rings is 1. The van der Waals surface area contributed by atoms with Gasteiger partial charge in [-0.2, -0.15) is 0 Å². The standard InChI is InChI=1S/C22H32N6O/c1-17-10-13-26(14-15-27(17)16-19-6-4-3-5-7-19)22(29)21-18(2)28(25-24-21)20-8-11-23-12-9-20/h3-7,17,20,23H,8-16H2,1-2H3/t17-/m0/s1. The molecule has 0 radical (unpaired) electrons. The van der Waals surface area contributed by atoms with Crippen LogP contribution in [0.25, 0.3) is 0 Å². The molecule has 7 nitrogen and oxygen atoms in total. The summed E-state index contributed by atoms with van der Waals surface area (Å²) < 4.78 is 1.97. The normalized spacial score (nSPS) is 21.9. The van der Waals surface area contributed by atoms with Crippen LogP contribution in [-0.2, 0) is 6.54 Å². The first-order valence-corrected chi connectivity index (χ1v) is 10.8. The number of hydrogen-bond acceptors (Lipinski definition) is 5. The molecule has 2 aliphatic heterocycles. The lowest BCUT2D eigenvalue weighted by atomic mass is 10.1. The lowest BCUT2D eigenvalue weighted by Crippen LogP contribution is -2.36. The highest BCUT2D eigenvalue weighted by molar-refractivity contribution is 5.93. The summed E-state index contributed by atoms with van der Waals surface area (Å²) in [7, 11) is 0. The molecule has 3 heterocycles. The number of nitrogens with one attached hydrogen (secondary N) is 1. The highest BCUT2D eigenvalue weighted by Gasteiger charge is 2.29. The molecule has 2 aromatic rings. The largest absolute Gasteiger partial charge is 0.336 e. The van der Waals surface area contributed by atoms with Gasteiger partial charge in [-0.1, -0.05) is 35.5 Å². The van der Waals surface area contributed by atoms with Gasteiger partial charge in [-0.05, 0) is 51.8 Å². The van der Waals surface area contributed by atoms with Crippen molar-refractivity contribution in [3.8, 4) is 0 Å². The molecule has 2 aliphatic rings. The average molecular weight is 397 g/mol. The van der Waals surface area contributed by atoms with Gasteiger partial charge < -0.3 is 10.2 Å². The molecule has 1 atom stereocenters. The van der Waals surface area contributed by atoms with E-state index in [1.807, 2.05) is 16.5 Å². The first-order chi connectivity index (χ1) is 14.1. The molecule has 2 saturated heterocycles. The fraction of sp³-hybridized carbons (Fsp3) is 0.591. The lowest BCUT2D eigenvalue weighted by Gasteiger charge is -2.26. The highest BCUT2D eigenvalue weighted by Crippen LogP contribution is 2.22. The van der Waals surface area contributed by atoms with E-state index < -0.39 is 0 Å². The second-order valence-electron chi connectivity index (χ2n) is 8.34. The second kappa shape index (κ2) is 9.05. The van der Waals surface area contributed by atoms with E-state index in [1.165, 1.54) is 5.56 Å². The molecule has 1 N–H and O–H groups in total. The van der Waals surface area contributed by atoms with Gasteiger partial charge in [0.1, 0.15) is 0 Å². The predicted molar refractivity (Wildman–Crippen MR) is 113 cm³/mol. The van der Waals surface area contributed by atoms with Crippen molar-refractivity contribution in [2.75, 3.05) is 32.7 Å². The van der Waals surface area contributed by atoms with E-state index in [2.05, 4.69) is 57.8 Å². The molecule has 0 unspecified atom stereocenters. The predicted octanol–water partition coefficient (Wildman–Crippen LogP) is 2.25. The zero-order valence-electron chi connectivity index (χ0n) is 17.5. The summed E-state index contributed by atoms with van der Waals surface area (Å²) >= 11 is 0. The number of rotatable bonds is 4. The van der Waals surface area contributed by atoms with Crippen LogP contribution in [0.5, 0.6) is 0 Å². The summed E-state index contributed by atoms with van der Waals surface area (Å²) in [6.07, 6.45) is 3.04. The van der Waals surface area contributed by atoms with E-state index in [1.54, 1.807) is 0 Å². The first-order valence-electron chi connectivity index (χ1n) is 10.8. The maximum atomic E-state index is 13.2. The van der Waals surface area contributed by atoms with Crippen LogP contribution in [0.4, 0.5) is 0 Å². The molecule has 29 heavy (non-hydrogen) atoms. The second-order valence-corrected chi connectivity index (χ2v) is 8.34. The maximum Gasteiger partial charge on any atom is 0.276 e. The molecule has 4 rings (SSSR count). The van der Waals surface area contributed by atoms with Gasteiger partial charge in [0.2, 0.25) is 0 Å². The summed E-state index contributed by atoms with van der Waals surface area (Å²) in [5, 5.41) is 12.0. The van der Waals surface area contributed by atoms with Crippen LogP contribution < -0.4 is 5.32 Å². The van der Waals surface area contributed by atoms with Gasteiger partial charge in [-0.15, -0.1) is 5.10 Å². The van der Waals surface area contributed by atoms with Crippen molar-refractivity contribution < 1.29 is 4.79 Å². The van der Waals surface area contributed by atoms with Crippen LogP contribution in [0.2, 0.25) is 0 Å². The Labute approximate surface area is 173 Å².